The second-order valence-electron chi connectivity index (χ2n) is 5.45. The molecule has 0 radical (unpaired) electrons. The third kappa shape index (κ3) is 5.85. The third-order valence-corrected chi connectivity index (χ3v) is 2.69. The Bertz CT molecular complexity index is 398. The highest BCUT2D eigenvalue weighted by Gasteiger charge is 2.23. The average molecular weight is 265 g/mol. The van der Waals surface area contributed by atoms with Crippen molar-refractivity contribution in [3.05, 3.63) is 35.9 Å². The van der Waals surface area contributed by atoms with Gasteiger partial charge in [-0.3, -0.25) is 4.79 Å². The van der Waals surface area contributed by atoms with Crippen LogP contribution in [0.5, 0.6) is 0 Å². The molecule has 1 aromatic carbocycles. The summed E-state index contributed by atoms with van der Waals surface area (Å²) in [4.78, 5) is 13.5. The van der Waals surface area contributed by atoms with Gasteiger partial charge in [0.15, 0.2) is 0 Å². The minimum Gasteiger partial charge on any atom is -0.389 e. The van der Waals surface area contributed by atoms with Crippen LogP contribution in [0.2, 0.25) is 0 Å². The predicted octanol–water partition coefficient (Wildman–Crippen LogP) is 1.82. The van der Waals surface area contributed by atoms with Gasteiger partial charge in [0.05, 0.1) is 12.2 Å². The number of hydrogen-bond acceptors (Lipinski definition) is 3. The van der Waals surface area contributed by atoms with E-state index in [1.165, 1.54) is 4.90 Å². The molecular weight excluding hydrogens is 242 g/mol. The summed E-state index contributed by atoms with van der Waals surface area (Å²) >= 11 is 0. The van der Waals surface area contributed by atoms with Crippen molar-refractivity contribution in [1.82, 2.24) is 4.90 Å². The maximum atomic E-state index is 12.0. The molecule has 0 aliphatic heterocycles. The lowest BCUT2D eigenvalue weighted by molar-refractivity contribution is -0.144. The summed E-state index contributed by atoms with van der Waals surface area (Å²) < 4.78 is 5.55. The lowest BCUT2D eigenvalue weighted by atomic mass is 10.1. The Balaban J connectivity index is 2.44. The number of ether oxygens (including phenoxy) is 1. The van der Waals surface area contributed by atoms with Gasteiger partial charge in [-0.15, -0.1) is 0 Å². The Labute approximate surface area is 115 Å². The number of carbonyl (C=O) groups excluding carboxylic acids is 1. The normalized spacial score (nSPS) is 13.1. The van der Waals surface area contributed by atoms with Crippen molar-refractivity contribution < 1.29 is 14.6 Å². The van der Waals surface area contributed by atoms with Gasteiger partial charge in [-0.2, -0.15) is 0 Å². The van der Waals surface area contributed by atoms with E-state index in [-0.39, 0.29) is 12.5 Å². The Morgan fingerprint density at radius 1 is 1.37 bits per heavy atom. The molecule has 1 unspecified atom stereocenters. The van der Waals surface area contributed by atoms with Crippen LogP contribution in [0.15, 0.2) is 30.3 Å². The highest BCUT2D eigenvalue weighted by Crippen LogP contribution is 2.08. The highest BCUT2D eigenvalue weighted by atomic mass is 16.5. The smallest absolute Gasteiger partial charge is 0.251 e. The van der Waals surface area contributed by atoms with Crippen molar-refractivity contribution >= 4 is 5.91 Å². The molecule has 4 heteroatoms. The van der Waals surface area contributed by atoms with E-state index in [4.69, 9.17) is 4.74 Å². The molecule has 106 valence electrons. The van der Waals surface area contributed by atoms with Crippen molar-refractivity contribution in [2.24, 2.45) is 0 Å². The molecule has 19 heavy (non-hydrogen) atoms. The minimum atomic E-state index is -0.899. The van der Waals surface area contributed by atoms with E-state index in [1.807, 2.05) is 30.3 Å². The van der Waals surface area contributed by atoms with E-state index in [9.17, 15) is 9.90 Å². The molecule has 4 nitrogen and oxygen atoms in total. The lowest BCUT2D eigenvalue weighted by Gasteiger charge is -2.27. The zero-order valence-electron chi connectivity index (χ0n) is 12.1. The van der Waals surface area contributed by atoms with Gasteiger partial charge in [0.25, 0.3) is 5.91 Å². The fourth-order valence-electron chi connectivity index (χ4n) is 1.84. The number of hydrogen-bond donors (Lipinski definition) is 1. The topological polar surface area (TPSA) is 49.8 Å². The Hall–Kier alpha value is -1.39. The van der Waals surface area contributed by atoms with Crippen LogP contribution >= 0.6 is 0 Å². The van der Waals surface area contributed by atoms with Gasteiger partial charge in [-0.05, 0) is 26.3 Å². The van der Waals surface area contributed by atoms with E-state index in [2.05, 4.69) is 0 Å². The van der Waals surface area contributed by atoms with E-state index in [1.54, 1.807) is 27.8 Å². The van der Waals surface area contributed by atoms with E-state index < -0.39 is 11.7 Å². The predicted molar refractivity (Wildman–Crippen MR) is 74.6 cm³/mol. The molecule has 1 aromatic rings. The first-order chi connectivity index (χ1) is 8.79. The lowest BCUT2D eigenvalue weighted by Crippen LogP contribution is -2.44. The average Bonchev–Trinajstić information content (AvgIpc) is 2.34. The van der Waals surface area contributed by atoms with Crippen LogP contribution in [0.25, 0.3) is 0 Å². The molecule has 1 atom stereocenters. The number of amides is 1. The number of carbonyl (C=O) groups is 1. The third-order valence-electron chi connectivity index (χ3n) is 2.69. The first kappa shape index (κ1) is 15.7. The first-order valence-corrected chi connectivity index (χ1v) is 6.42. The van der Waals surface area contributed by atoms with Crippen LogP contribution in [-0.4, -0.2) is 41.2 Å². The Morgan fingerprint density at radius 3 is 2.47 bits per heavy atom. The van der Waals surface area contributed by atoms with Crippen molar-refractivity contribution in [2.45, 2.75) is 39.1 Å². The number of nitrogens with zero attached hydrogens (tertiary/aromatic N) is 1. The van der Waals surface area contributed by atoms with E-state index in [0.717, 1.165) is 5.56 Å². The molecule has 0 aliphatic carbocycles. The van der Waals surface area contributed by atoms with Crippen LogP contribution in [0.3, 0.4) is 0 Å². The fourth-order valence-corrected chi connectivity index (χ4v) is 1.84. The molecule has 0 saturated carbocycles. The van der Waals surface area contributed by atoms with Crippen molar-refractivity contribution in [3.63, 3.8) is 0 Å². The van der Waals surface area contributed by atoms with Crippen LogP contribution < -0.4 is 0 Å². The highest BCUT2D eigenvalue weighted by molar-refractivity contribution is 5.80. The van der Waals surface area contributed by atoms with Crippen LogP contribution in [0, 0.1) is 0 Å². The molecule has 0 spiro atoms. The van der Waals surface area contributed by atoms with Crippen molar-refractivity contribution in [3.8, 4) is 0 Å². The van der Waals surface area contributed by atoms with Gasteiger partial charge < -0.3 is 14.7 Å². The molecule has 0 bridgehead atoms. The summed E-state index contributed by atoms with van der Waals surface area (Å²) in [5.74, 6) is -0.127. The van der Waals surface area contributed by atoms with Gasteiger partial charge in [0.1, 0.15) is 6.10 Å². The van der Waals surface area contributed by atoms with Gasteiger partial charge in [0, 0.05) is 13.6 Å². The fraction of sp³-hybridized carbons (Fsp3) is 0.533. The zero-order valence-corrected chi connectivity index (χ0v) is 12.1. The van der Waals surface area contributed by atoms with Crippen molar-refractivity contribution in [1.29, 1.82) is 0 Å². The second kappa shape index (κ2) is 6.68. The number of likely N-dealkylation sites (N-methyl/N-ethyl adjacent to an activating group) is 1. The Morgan fingerprint density at radius 2 is 1.95 bits per heavy atom. The SMILES string of the molecule is CC(OCc1ccccc1)C(=O)N(C)CC(C)(C)O. The summed E-state index contributed by atoms with van der Waals surface area (Å²) in [5, 5.41) is 9.69. The van der Waals surface area contributed by atoms with Crippen LogP contribution in [0.4, 0.5) is 0 Å². The summed E-state index contributed by atoms with van der Waals surface area (Å²) in [6.07, 6.45) is -0.521. The molecular formula is C15H23NO3. The molecule has 0 fully saturated rings. The molecule has 0 saturated heterocycles. The first-order valence-electron chi connectivity index (χ1n) is 6.42. The monoisotopic (exact) mass is 265 g/mol. The maximum absolute atomic E-state index is 12.0. The summed E-state index contributed by atoms with van der Waals surface area (Å²) in [7, 11) is 1.67. The molecule has 1 amide bonds. The van der Waals surface area contributed by atoms with Gasteiger partial charge in [0.2, 0.25) is 0 Å². The van der Waals surface area contributed by atoms with Gasteiger partial charge >= 0.3 is 0 Å². The molecule has 0 aliphatic rings. The summed E-state index contributed by atoms with van der Waals surface area (Å²) in [5.41, 5.74) is 0.135. The maximum Gasteiger partial charge on any atom is 0.251 e. The zero-order chi connectivity index (χ0) is 14.5. The van der Waals surface area contributed by atoms with Crippen molar-refractivity contribution in [2.75, 3.05) is 13.6 Å². The summed E-state index contributed by atoms with van der Waals surface area (Å²) in [6.45, 7) is 5.76. The number of aliphatic hydroxyl groups is 1. The summed E-state index contributed by atoms with van der Waals surface area (Å²) in [6, 6.07) is 9.72. The van der Waals surface area contributed by atoms with Crippen LogP contribution in [0.1, 0.15) is 26.3 Å². The molecule has 0 aromatic heterocycles. The second-order valence-corrected chi connectivity index (χ2v) is 5.45. The van der Waals surface area contributed by atoms with Gasteiger partial charge in [-0.25, -0.2) is 0 Å². The molecule has 1 N–H and O–H groups in total. The van der Waals surface area contributed by atoms with Gasteiger partial charge in [-0.1, -0.05) is 30.3 Å². The number of benzene rings is 1. The van der Waals surface area contributed by atoms with E-state index >= 15 is 0 Å². The van der Waals surface area contributed by atoms with E-state index in [0.29, 0.717) is 6.61 Å². The quantitative estimate of drug-likeness (QED) is 0.853. The Kier molecular flexibility index (Phi) is 5.51. The number of rotatable bonds is 6. The molecule has 0 heterocycles. The standard InChI is InChI=1S/C15H23NO3/c1-12(14(17)16(4)11-15(2,3)18)19-10-13-8-6-5-7-9-13/h5-9,12,18H,10-11H2,1-4H3. The molecule has 1 rings (SSSR count). The minimum absolute atomic E-state index is 0.127. The van der Waals surface area contributed by atoms with Crippen LogP contribution in [-0.2, 0) is 16.1 Å². The largest absolute Gasteiger partial charge is 0.389 e.